The van der Waals surface area contributed by atoms with Gasteiger partial charge in [0.2, 0.25) is 0 Å². The summed E-state index contributed by atoms with van der Waals surface area (Å²) in [5.74, 6) is 0.0785. The second-order valence-corrected chi connectivity index (χ2v) is 5.09. The molecule has 0 unspecified atom stereocenters. The first-order valence-electron chi connectivity index (χ1n) is 7.79. The third-order valence-electron chi connectivity index (χ3n) is 3.65. The van der Waals surface area contributed by atoms with Crippen LogP contribution in [0.1, 0.15) is 34.6 Å². The molecule has 24 heavy (non-hydrogen) atoms. The topological polar surface area (TPSA) is 71.5 Å². The van der Waals surface area contributed by atoms with Gasteiger partial charge in [-0.3, -0.25) is 14.6 Å². The van der Waals surface area contributed by atoms with E-state index < -0.39 is 0 Å². The Morgan fingerprint density at radius 3 is 2.46 bits per heavy atom. The normalized spacial score (nSPS) is 10.1. The number of rotatable bonds is 6. The number of pyridine rings is 1. The van der Waals surface area contributed by atoms with Crippen molar-refractivity contribution in [1.82, 2.24) is 9.88 Å². The Morgan fingerprint density at radius 1 is 1.12 bits per heavy atom. The Labute approximate surface area is 141 Å². The minimum atomic E-state index is -0.346. The summed E-state index contributed by atoms with van der Waals surface area (Å²) in [5, 5.41) is 2.77. The van der Waals surface area contributed by atoms with Crippen LogP contribution in [0.25, 0.3) is 0 Å². The molecular formula is C18H21N3O3. The van der Waals surface area contributed by atoms with Crippen LogP contribution >= 0.6 is 0 Å². The molecule has 2 rings (SSSR count). The van der Waals surface area contributed by atoms with E-state index in [1.54, 1.807) is 29.2 Å². The molecule has 2 aromatic rings. The van der Waals surface area contributed by atoms with Crippen molar-refractivity contribution in [2.45, 2.75) is 13.8 Å². The molecule has 1 aromatic carbocycles. The Bertz CT molecular complexity index is 727. The number of aromatic nitrogens is 1. The molecule has 0 bridgehead atoms. The van der Waals surface area contributed by atoms with Gasteiger partial charge in [0, 0.05) is 25.5 Å². The number of nitrogens with one attached hydrogen (secondary N) is 1. The van der Waals surface area contributed by atoms with Crippen LogP contribution in [0, 0.1) is 0 Å². The summed E-state index contributed by atoms with van der Waals surface area (Å²) in [6.07, 6.45) is 2.91. The first kappa shape index (κ1) is 17.5. The Balaban J connectivity index is 2.22. The molecule has 0 fully saturated rings. The van der Waals surface area contributed by atoms with Crippen LogP contribution < -0.4 is 10.1 Å². The van der Waals surface area contributed by atoms with Gasteiger partial charge in [-0.15, -0.1) is 0 Å². The van der Waals surface area contributed by atoms with Gasteiger partial charge in [-0.25, -0.2) is 0 Å². The van der Waals surface area contributed by atoms with Crippen molar-refractivity contribution >= 4 is 17.5 Å². The fraction of sp³-hybridized carbons (Fsp3) is 0.278. The maximum absolute atomic E-state index is 12.4. The summed E-state index contributed by atoms with van der Waals surface area (Å²) >= 11 is 0. The van der Waals surface area contributed by atoms with Crippen molar-refractivity contribution in [3.05, 3.63) is 53.9 Å². The lowest BCUT2D eigenvalue weighted by atomic mass is 10.1. The summed E-state index contributed by atoms with van der Waals surface area (Å²) < 4.78 is 5.21. The number of carbonyl (C=O) groups excluding carboxylic acids is 2. The second-order valence-electron chi connectivity index (χ2n) is 5.09. The Morgan fingerprint density at radius 2 is 1.79 bits per heavy atom. The van der Waals surface area contributed by atoms with Gasteiger partial charge in [0.05, 0.1) is 23.9 Å². The highest BCUT2D eigenvalue weighted by atomic mass is 16.5. The second kappa shape index (κ2) is 8.10. The molecule has 0 saturated heterocycles. The SMILES string of the molecule is CCN(CC)C(=O)c1cncc(C(=O)Nc2ccccc2OC)c1. The Hall–Kier alpha value is -2.89. The zero-order chi connectivity index (χ0) is 17.5. The number of para-hydroxylation sites is 2. The quantitative estimate of drug-likeness (QED) is 0.885. The van der Waals surface area contributed by atoms with E-state index in [-0.39, 0.29) is 11.8 Å². The van der Waals surface area contributed by atoms with Gasteiger partial charge in [-0.1, -0.05) is 12.1 Å². The monoisotopic (exact) mass is 327 g/mol. The third kappa shape index (κ3) is 3.90. The van der Waals surface area contributed by atoms with Crippen LogP contribution in [0.3, 0.4) is 0 Å². The number of methoxy groups -OCH3 is 1. The van der Waals surface area contributed by atoms with Crippen LogP contribution in [-0.2, 0) is 0 Å². The van der Waals surface area contributed by atoms with Crippen LogP contribution in [0.4, 0.5) is 5.69 Å². The molecule has 0 saturated carbocycles. The predicted molar refractivity (Wildman–Crippen MR) is 92.4 cm³/mol. The minimum absolute atomic E-state index is 0.139. The first-order chi connectivity index (χ1) is 11.6. The third-order valence-corrected chi connectivity index (χ3v) is 3.65. The van der Waals surface area contributed by atoms with Crippen molar-refractivity contribution in [3.8, 4) is 5.75 Å². The maximum Gasteiger partial charge on any atom is 0.257 e. The lowest BCUT2D eigenvalue weighted by Crippen LogP contribution is -2.30. The van der Waals surface area contributed by atoms with Crippen molar-refractivity contribution in [2.24, 2.45) is 0 Å². The fourth-order valence-electron chi connectivity index (χ4n) is 2.32. The Kier molecular flexibility index (Phi) is 5.89. The molecule has 0 aliphatic carbocycles. The van der Waals surface area contributed by atoms with Gasteiger partial charge >= 0.3 is 0 Å². The molecule has 0 radical (unpaired) electrons. The minimum Gasteiger partial charge on any atom is -0.495 e. The highest BCUT2D eigenvalue weighted by Crippen LogP contribution is 2.23. The average molecular weight is 327 g/mol. The number of ether oxygens (including phenoxy) is 1. The maximum atomic E-state index is 12.4. The summed E-state index contributed by atoms with van der Waals surface area (Å²) in [7, 11) is 1.54. The first-order valence-corrected chi connectivity index (χ1v) is 7.79. The molecule has 1 N–H and O–H groups in total. The fourth-order valence-corrected chi connectivity index (χ4v) is 2.32. The number of anilines is 1. The van der Waals surface area contributed by atoms with Gasteiger partial charge < -0.3 is 15.0 Å². The molecular weight excluding hydrogens is 306 g/mol. The van der Waals surface area contributed by atoms with E-state index >= 15 is 0 Å². The molecule has 2 amide bonds. The summed E-state index contributed by atoms with van der Waals surface area (Å²) in [6.45, 7) is 5.03. The molecule has 0 aliphatic rings. The molecule has 1 aromatic heterocycles. The van der Waals surface area contributed by atoms with Gasteiger partial charge in [0.1, 0.15) is 5.75 Å². The van der Waals surface area contributed by atoms with E-state index in [0.717, 1.165) is 0 Å². The van der Waals surface area contributed by atoms with Gasteiger partial charge in [0.15, 0.2) is 0 Å². The molecule has 6 nitrogen and oxygen atoms in total. The lowest BCUT2D eigenvalue weighted by molar-refractivity contribution is 0.0772. The van der Waals surface area contributed by atoms with E-state index in [1.807, 2.05) is 19.9 Å². The largest absolute Gasteiger partial charge is 0.495 e. The van der Waals surface area contributed by atoms with E-state index in [4.69, 9.17) is 4.74 Å². The standard InChI is InChI=1S/C18H21N3O3/c1-4-21(5-2)18(23)14-10-13(11-19-12-14)17(22)20-15-8-6-7-9-16(15)24-3/h6-12H,4-5H2,1-3H3,(H,20,22). The molecule has 0 atom stereocenters. The summed E-state index contributed by atoms with van der Waals surface area (Å²) in [6, 6.07) is 8.68. The zero-order valence-electron chi connectivity index (χ0n) is 14.1. The number of carbonyl (C=O) groups is 2. The number of benzene rings is 1. The average Bonchev–Trinajstić information content (AvgIpc) is 2.63. The molecule has 0 aliphatic heterocycles. The highest BCUT2D eigenvalue weighted by molar-refractivity contribution is 6.06. The van der Waals surface area contributed by atoms with Crippen LogP contribution in [0.2, 0.25) is 0 Å². The molecule has 0 spiro atoms. The van der Waals surface area contributed by atoms with E-state index in [0.29, 0.717) is 35.7 Å². The molecule has 6 heteroatoms. The van der Waals surface area contributed by atoms with Crippen molar-refractivity contribution in [1.29, 1.82) is 0 Å². The predicted octanol–water partition coefficient (Wildman–Crippen LogP) is 2.82. The highest BCUT2D eigenvalue weighted by Gasteiger charge is 2.16. The van der Waals surface area contributed by atoms with Crippen molar-refractivity contribution in [2.75, 3.05) is 25.5 Å². The van der Waals surface area contributed by atoms with Crippen molar-refractivity contribution in [3.63, 3.8) is 0 Å². The van der Waals surface area contributed by atoms with Gasteiger partial charge in [0.25, 0.3) is 11.8 Å². The zero-order valence-corrected chi connectivity index (χ0v) is 14.1. The molecule has 1 heterocycles. The van der Waals surface area contributed by atoms with Crippen LogP contribution in [0.5, 0.6) is 5.75 Å². The smallest absolute Gasteiger partial charge is 0.257 e. The van der Waals surface area contributed by atoms with E-state index in [2.05, 4.69) is 10.3 Å². The number of amides is 2. The van der Waals surface area contributed by atoms with Crippen molar-refractivity contribution < 1.29 is 14.3 Å². The summed E-state index contributed by atoms with van der Waals surface area (Å²) in [4.78, 5) is 30.5. The number of hydrogen-bond donors (Lipinski definition) is 1. The van der Waals surface area contributed by atoms with Crippen LogP contribution in [-0.4, -0.2) is 41.9 Å². The van der Waals surface area contributed by atoms with Gasteiger partial charge in [-0.05, 0) is 32.0 Å². The number of nitrogens with zero attached hydrogens (tertiary/aromatic N) is 2. The lowest BCUT2D eigenvalue weighted by Gasteiger charge is -2.18. The summed E-state index contributed by atoms with van der Waals surface area (Å²) in [5.41, 5.74) is 1.27. The van der Waals surface area contributed by atoms with E-state index in [9.17, 15) is 9.59 Å². The van der Waals surface area contributed by atoms with Gasteiger partial charge in [-0.2, -0.15) is 0 Å². The van der Waals surface area contributed by atoms with E-state index in [1.165, 1.54) is 19.5 Å². The molecule has 126 valence electrons. The number of hydrogen-bond acceptors (Lipinski definition) is 4. The van der Waals surface area contributed by atoms with Crippen LogP contribution in [0.15, 0.2) is 42.7 Å².